The first-order valence-electron chi connectivity index (χ1n) is 6.85. The summed E-state index contributed by atoms with van der Waals surface area (Å²) in [5, 5.41) is 4.73. The van der Waals surface area contributed by atoms with E-state index in [1.165, 1.54) is 5.57 Å². The average Bonchev–Trinajstić information content (AvgIpc) is 2.44. The first kappa shape index (κ1) is 14.8. The van der Waals surface area contributed by atoms with Crippen molar-refractivity contribution < 1.29 is 4.79 Å². The van der Waals surface area contributed by atoms with Crippen molar-refractivity contribution in [2.75, 3.05) is 0 Å². The Kier molecular flexibility index (Phi) is 5.36. The number of carbonyl (C=O) groups is 1. The van der Waals surface area contributed by atoms with Gasteiger partial charge in [-0.15, -0.1) is 0 Å². The summed E-state index contributed by atoms with van der Waals surface area (Å²) in [6.45, 7) is 2.15. The van der Waals surface area contributed by atoms with Crippen molar-refractivity contribution in [1.82, 2.24) is 5.43 Å². The number of benzene rings is 1. The van der Waals surface area contributed by atoms with Gasteiger partial charge >= 0.3 is 0 Å². The topological polar surface area (TPSA) is 41.5 Å². The van der Waals surface area contributed by atoms with Gasteiger partial charge < -0.3 is 0 Å². The highest BCUT2D eigenvalue weighted by Crippen LogP contribution is 2.21. The number of nitrogens with one attached hydrogen (secondary N) is 1. The van der Waals surface area contributed by atoms with Gasteiger partial charge in [-0.05, 0) is 49.8 Å². The fraction of sp³-hybridized carbons (Fsp3) is 0.375. The van der Waals surface area contributed by atoms with Crippen molar-refractivity contribution >= 4 is 23.7 Å². The lowest BCUT2D eigenvalue weighted by molar-refractivity contribution is -0.120. The molecular weight excluding hydrogens is 272 g/mol. The first-order chi connectivity index (χ1) is 9.63. The molecule has 1 N–H and O–H groups in total. The van der Waals surface area contributed by atoms with Crippen LogP contribution in [0.5, 0.6) is 0 Å². The molecule has 1 atom stereocenters. The van der Waals surface area contributed by atoms with Gasteiger partial charge in [0.2, 0.25) is 5.91 Å². The molecule has 2 rings (SSSR count). The molecule has 0 bridgehead atoms. The SMILES string of the molecule is CC1=CCC(/C=N/NC(=O)Cc2ccc(Cl)cc2)CC1. The second kappa shape index (κ2) is 7.25. The summed E-state index contributed by atoms with van der Waals surface area (Å²) >= 11 is 5.80. The van der Waals surface area contributed by atoms with Crippen molar-refractivity contribution in [2.45, 2.75) is 32.6 Å². The average molecular weight is 291 g/mol. The van der Waals surface area contributed by atoms with Crippen molar-refractivity contribution in [3.63, 3.8) is 0 Å². The van der Waals surface area contributed by atoms with E-state index in [2.05, 4.69) is 23.5 Å². The molecule has 0 spiro atoms. The Balaban J connectivity index is 1.76. The largest absolute Gasteiger partial charge is 0.273 e. The quantitative estimate of drug-likeness (QED) is 0.512. The van der Waals surface area contributed by atoms with Gasteiger partial charge in [0, 0.05) is 11.2 Å². The maximum Gasteiger partial charge on any atom is 0.244 e. The zero-order chi connectivity index (χ0) is 14.4. The van der Waals surface area contributed by atoms with Crippen LogP contribution in [0.2, 0.25) is 5.02 Å². The lowest BCUT2D eigenvalue weighted by Gasteiger charge is -2.15. The van der Waals surface area contributed by atoms with E-state index < -0.39 is 0 Å². The van der Waals surface area contributed by atoms with Gasteiger partial charge in [-0.2, -0.15) is 5.10 Å². The molecule has 1 unspecified atom stereocenters. The summed E-state index contributed by atoms with van der Waals surface area (Å²) in [6.07, 6.45) is 7.66. The molecular formula is C16H19ClN2O. The highest BCUT2D eigenvalue weighted by molar-refractivity contribution is 6.30. The van der Waals surface area contributed by atoms with E-state index in [0.717, 1.165) is 24.8 Å². The molecule has 0 aromatic heterocycles. The third kappa shape index (κ3) is 4.82. The monoisotopic (exact) mass is 290 g/mol. The van der Waals surface area contributed by atoms with Crippen LogP contribution in [0.4, 0.5) is 0 Å². The third-order valence-electron chi connectivity index (χ3n) is 3.43. The number of amides is 1. The van der Waals surface area contributed by atoms with Crippen molar-refractivity contribution in [3.8, 4) is 0 Å². The minimum absolute atomic E-state index is 0.105. The minimum Gasteiger partial charge on any atom is -0.273 e. The number of rotatable bonds is 4. The van der Waals surface area contributed by atoms with Gasteiger partial charge in [-0.3, -0.25) is 4.79 Å². The standard InChI is InChI=1S/C16H19ClN2O/c1-12-2-4-14(5-3-12)11-18-19-16(20)10-13-6-8-15(17)9-7-13/h2,6-9,11,14H,3-5,10H2,1H3,(H,19,20)/b18-11+. The maximum absolute atomic E-state index is 11.7. The molecule has 0 heterocycles. The van der Waals surface area contributed by atoms with Crippen LogP contribution in [0.25, 0.3) is 0 Å². The van der Waals surface area contributed by atoms with Crippen LogP contribution in [0.15, 0.2) is 41.0 Å². The minimum atomic E-state index is -0.105. The Morgan fingerprint density at radius 2 is 2.20 bits per heavy atom. The van der Waals surface area contributed by atoms with E-state index >= 15 is 0 Å². The number of allylic oxidation sites excluding steroid dienone is 2. The predicted octanol–water partition coefficient (Wildman–Crippen LogP) is 3.73. The molecule has 1 aromatic rings. The zero-order valence-corrected chi connectivity index (χ0v) is 12.4. The molecule has 1 aromatic carbocycles. The van der Waals surface area contributed by atoms with Crippen LogP contribution in [-0.2, 0) is 11.2 Å². The predicted molar refractivity (Wildman–Crippen MR) is 82.9 cm³/mol. The first-order valence-corrected chi connectivity index (χ1v) is 7.23. The second-order valence-corrected chi connectivity index (χ2v) is 5.64. The Bertz CT molecular complexity index is 520. The van der Waals surface area contributed by atoms with Gasteiger partial charge in [-0.1, -0.05) is 35.4 Å². The summed E-state index contributed by atoms with van der Waals surface area (Å²) in [7, 11) is 0. The Labute approximate surface area is 124 Å². The summed E-state index contributed by atoms with van der Waals surface area (Å²) in [5.41, 5.74) is 4.96. The van der Waals surface area contributed by atoms with Crippen LogP contribution < -0.4 is 5.43 Å². The molecule has 20 heavy (non-hydrogen) atoms. The molecule has 0 aliphatic heterocycles. The van der Waals surface area contributed by atoms with Crippen molar-refractivity contribution in [1.29, 1.82) is 0 Å². The molecule has 3 nitrogen and oxygen atoms in total. The molecule has 0 radical (unpaired) electrons. The van der Waals surface area contributed by atoms with Crippen LogP contribution >= 0.6 is 11.6 Å². The third-order valence-corrected chi connectivity index (χ3v) is 3.68. The summed E-state index contributed by atoms with van der Waals surface area (Å²) in [5.74, 6) is 0.334. The summed E-state index contributed by atoms with van der Waals surface area (Å²) in [6, 6.07) is 7.26. The number of hydrogen-bond acceptors (Lipinski definition) is 2. The fourth-order valence-corrected chi connectivity index (χ4v) is 2.29. The highest BCUT2D eigenvalue weighted by Gasteiger charge is 2.10. The summed E-state index contributed by atoms with van der Waals surface area (Å²) in [4.78, 5) is 11.7. The number of hydrogen-bond donors (Lipinski definition) is 1. The molecule has 1 amide bonds. The molecule has 1 aliphatic carbocycles. The molecule has 0 saturated carbocycles. The molecule has 4 heteroatoms. The lowest BCUT2D eigenvalue weighted by atomic mass is 9.91. The van der Waals surface area contributed by atoms with E-state index in [9.17, 15) is 4.79 Å². The van der Waals surface area contributed by atoms with Gasteiger partial charge in [0.1, 0.15) is 0 Å². The van der Waals surface area contributed by atoms with E-state index in [-0.39, 0.29) is 5.91 Å². The Morgan fingerprint density at radius 3 is 2.85 bits per heavy atom. The van der Waals surface area contributed by atoms with Crippen LogP contribution in [0.3, 0.4) is 0 Å². The molecule has 106 valence electrons. The number of halogens is 1. The van der Waals surface area contributed by atoms with E-state index in [1.54, 1.807) is 12.1 Å². The van der Waals surface area contributed by atoms with Crippen molar-refractivity contribution in [3.05, 3.63) is 46.5 Å². The fourth-order valence-electron chi connectivity index (χ4n) is 2.16. The lowest BCUT2D eigenvalue weighted by Crippen LogP contribution is -2.20. The van der Waals surface area contributed by atoms with E-state index in [4.69, 9.17) is 11.6 Å². The maximum atomic E-state index is 11.7. The number of nitrogens with zero attached hydrogens (tertiary/aromatic N) is 1. The number of carbonyl (C=O) groups excluding carboxylic acids is 1. The zero-order valence-electron chi connectivity index (χ0n) is 11.6. The van der Waals surface area contributed by atoms with Gasteiger partial charge in [-0.25, -0.2) is 5.43 Å². The van der Waals surface area contributed by atoms with E-state index in [0.29, 0.717) is 17.4 Å². The Hall–Kier alpha value is -1.61. The van der Waals surface area contributed by atoms with Gasteiger partial charge in [0.05, 0.1) is 6.42 Å². The van der Waals surface area contributed by atoms with Gasteiger partial charge in [0.15, 0.2) is 0 Å². The second-order valence-electron chi connectivity index (χ2n) is 5.20. The van der Waals surface area contributed by atoms with Gasteiger partial charge in [0.25, 0.3) is 0 Å². The van der Waals surface area contributed by atoms with Crippen molar-refractivity contribution in [2.24, 2.45) is 11.0 Å². The highest BCUT2D eigenvalue weighted by atomic mass is 35.5. The molecule has 0 saturated heterocycles. The molecule has 1 aliphatic rings. The summed E-state index contributed by atoms with van der Waals surface area (Å²) < 4.78 is 0. The normalized spacial score (nSPS) is 18.9. The van der Waals surface area contributed by atoms with Crippen LogP contribution in [-0.4, -0.2) is 12.1 Å². The van der Waals surface area contributed by atoms with E-state index in [1.807, 2.05) is 18.3 Å². The smallest absolute Gasteiger partial charge is 0.244 e. The van der Waals surface area contributed by atoms with Crippen LogP contribution in [0, 0.1) is 5.92 Å². The number of hydrazone groups is 1. The molecule has 0 fully saturated rings. The van der Waals surface area contributed by atoms with Crippen LogP contribution in [0.1, 0.15) is 31.7 Å². The Morgan fingerprint density at radius 1 is 1.45 bits per heavy atom.